The molecule has 0 aromatic carbocycles. The van der Waals surface area contributed by atoms with Crippen molar-refractivity contribution in [2.75, 3.05) is 0 Å². The van der Waals surface area contributed by atoms with Gasteiger partial charge in [-0.25, -0.2) is 0 Å². The Bertz CT molecular complexity index is 565. The van der Waals surface area contributed by atoms with Crippen LogP contribution in [0.5, 0.6) is 0 Å². The van der Waals surface area contributed by atoms with Crippen molar-refractivity contribution in [1.82, 2.24) is 20.2 Å². The number of halogens is 1. The molecule has 2 aromatic rings. The smallest absolute Gasteiger partial charge is 0.0776 e. The molecule has 0 spiro atoms. The molecule has 0 aliphatic carbocycles. The minimum absolute atomic E-state index is 0.149. The van der Waals surface area contributed by atoms with Crippen molar-refractivity contribution in [3.05, 3.63) is 47.0 Å². The van der Waals surface area contributed by atoms with Crippen molar-refractivity contribution in [3.63, 3.8) is 0 Å². The third kappa shape index (κ3) is 3.81. The summed E-state index contributed by atoms with van der Waals surface area (Å²) in [5.74, 6) is 5.66. The first kappa shape index (κ1) is 15.9. The molecule has 6 heteroatoms. The maximum atomic E-state index is 6.18. The van der Waals surface area contributed by atoms with Crippen LogP contribution in [0.3, 0.4) is 0 Å². The molecule has 2 heterocycles. The quantitative estimate of drug-likeness (QED) is 0.609. The van der Waals surface area contributed by atoms with Crippen LogP contribution in [0.15, 0.2) is 30.6 Å². The Balaban J connectivity index is 2.14. The second-order valence-corrected chi connectivity index (χ2v) is 5.46. The highest BCUT2D eigenvalue weighted by Crippen LogP contribution is 2.23. The molecule has 0 saturated carbocycles. The molecule has 1 atom stereocenters. The molecule has 0 amide bonds. The lowest BCUT2D eigenvalue weighted by Crippen LogP contribution is -2.30. The summed E-state index contributed by atoms with van der Waals surface area (Å²) in [6.07, 6.45) is 6.54. The van der Waals surface area contributed by atoms with Gasteiger partial charge >= 0.3 is 0 Å². The Morgan fingerprint density at radius 3 is 2.71 bits per heavy atom. The highest BCUT2D eigenvalue weighted by Gasteiger charge is 2.17. The minimum atomic E-state index is -0.149. The van der Waals surface area contributed by atoms with Gasteiger partial charge in [0.25, 0.3) is 0 Å². The Morgan fingerprint density at radius 2 is 2.10 bits per heavy atom. The van der Waals surface area contributed by atoms with E-state index in [1.807, 2.05) is 23.0 Å². The number of pyridine rings is 1. The van der Waals surface area contributed by atoms with E-state index in [9.17, 15) is 0 Å². The van der Waals surface area contributed by atoms with Gasteiger partial charge in [0.15, 0.2) is 0 Å². The molecule has 0 fully saturated rings. The Labute approximate surface area is 130 Å². The number of nitrogens with two attached hydrogens (primary N) is 1. The summed E-state index contributed by atoms with van der Waals surface area (Å²) in [5, 5.41) is 5.26. The third-order valence-corrected chi connectivity index (χ3v) is 4.03. The summed E-state index contributed by atoms with van der Waals surface area (Å²) in [4.78, 5) is 4.31. The predicted octanol–water partition coefficient (Wildman–Crippen LogP) is 3.04. The zero-order valence-corrected chi connectivity index (χ0v) is 13.2. The lowest BCUT2D eigenvalue weighted by Gasteiger charge is -2.16. The summed E-state index contributed by atoms with van der Waals surface area (Å²) in [5.41, 5.74) is 4.51. The van der Waals surface area contributed by atoms with Crippen LogP contribution in [0.25, 0.3) is 0 Å². The number of rotatable bonds is 7. The first-order chi connectivity index (χ1) is 10.2. The molecule has 21 heavy (non-hydrogen) atoms. The van der Waals surface area contributed by atoms with Gasteiger partial charge in [-0.1, -0.05) is 25.4 Å². The first-order valence-corrected chi connectivity index (χ1v) is 7.67. The summed E-state index contributed by atoms with van der Waals surface area (Å²) < 4.78 is 2.03. The topological polar surface area (TPSA) is 68.8 Å². The maximum absolute atomic E-state index is 6.18. The molecule has 0 aliphatic rings. The number of nitrogens with zero attached hydrogens (tertiary/aromatic N) is 3. The summed E-state index contributed by atoms with van der Waals surface area (Å²) >= 11 is 6.18. The monoisotopic (exact) mass is 307 g/mol. The van der Waals surface area contributed by atoms with Crippen LogP contribution < -0.4 is 11.3 Å². The van der Waals surface area contributed by atoms with Gasteiger partial charge < -0.3 is 0 Å². The van der Waals surface area contributed by atoms with Gasteiger partial charge in [0, 0.05) is 18.8 Å². The van der Waals surface area contributed by atoms with Crippen LogP contribution in [-0.4, -0.2) is 14.8 Å². The second-order valence-electron chi connectivity index (χ2n) is 5.05. The number of hydrogen-bond acceptors (Lipinski definition) is 4. The zero-order chi connectivity index (χ0) is 15.2. The lowest BCUT2D eigenvalue weighted by atomic mass is 10.1. The SMILES string of the molecule is CCC(CC)n1ccc(CC(NN)c2ncccc2Cl)n1. The van der Waals surface area contributed by atoms with Crippen LogP contribution in [0.4, 0.5) is 0 Å². The zero-order valence-electron chi connectivity index (χ0n) is 12.5. The molecule has 2 rings (SSSR count). The molecule has 0 saturated heterocycles. The van der Waals surface area contributed by atoms with E-state index >= 15 is 0 Å². The van der Waals surface area contributed by atoms with Crippen LogP contribution in [0, 0.1) is 0 Å². The molecule has 114 valence electrons. The molecule has 5 nitrogen and oxygen atoms in total. The molecule has 3 N–H and O–H groups in total. The molecule has 0 bridgehead atoms. The highest BCUT2D eigenvalue weighted by atomic mass is 35.5. The van der Waals surface area contributed by atoms with Crippen LogP contribution in [0.1, 0.15) is 50.2 Å². The van der Waals surface area contributed by atoms with Gasteiger partial charge in [0.05, 0.1) is 28.5 Å². The fraction of sp³-hybridized carbons (Fsp3) is 0.467. The average Bonchev–Trinajstić information content (AvgIpc) is 2.95. The number of nitrogens with one attached hydrogen (secondary N) is 1. The van der Waals surface area contributed by atoms with Crippen molar-refractivity contribution in [3.8, 4) is 0 Å². The van der Waals surface area contributed by atoms with E-state index < -0.39 is 0 Å². The largest absolute Gasteiger partial charge is 0.271 e. The van der Waals surface area contributed by atoms with Crippen molar-refractivity contribution in [2.24, 2.45) is 5.84 Å². The van der Waals surface area contributed by atoms with Crippen LogP contribution >= 0.6 is 11.6 Å². The number of aromatic nitrogens is 3. The molecule has 2 aromatic heterocycles. The summed E-state index contributed by atoms with van der Waals surface area (Å²) in [7, 11) is 0. The highest BCUT2D eigenvalue weighted by molar-refractivity contribution is 6.31. The van der Waals surface area contributed by atoms with Gasteiger partial charge in [-0.05, 0) is 31.0 Å². The molecular weight excluding hydrogens is 286 g/mol. The summed E-state index contributed by atoms with van der Waals surface area (Å²) in [6, 6.07) is 5.95. The normalized spacial score (nSPS) is 12.8. The van der Waals surface area contributed by atoms with E-state index in [-0.39, 0.29) is 6.04 Å². The van der Waals surface area contributed by atoms with Crippen LogP contribution in [-0.2, 0) is 6.42 Å². The third-order valence-electron chi connectivity index (χ3n) is 3.71. The Hall–Kier alpha value is -1.43. The van der Waals surface area contributed by atoms with E-state index in [1.165, 1.54) is 0 Å². The van der Waals surface area contributed by atoms with Crippen molar-refractivity contribution in [1.29, 1.82) is 0 Å². The van der Waals surface area contributed by atoms with E-state index in [4.69, 9.17) is 17.4 Å². The van der Waals surface area contributed by atoms with Gasteiger partial charge in [-0.2, -0.15) is 5.10 Å². The first-order valence-electron chi connectivity index (χ1n) is 7.30. The van der Waals surface area contributed by atoms with Crippen molar-refractivity contribution < 1.29 is 0 Å². The van der Waals surface area contributed by atoms with Gasteiger partial charge in [0.2, 0.25) is 0 Å². The van der Waals surface area contributed by atoms with E-state index in [1.54, 1.807) is 12.3 Å². The average molecular weight is 308 g/mol. The molecule has 1 unspecified atom stereocenters. The van der Waals surface area contributed by atoms with Crippen LogP contribution in [0.2, 0.25) is 5.02 Å². The van der Waals surface area contributed by atoms with Gasteiger partial charge in [0.1, 0.15) is 0 Å². The standard InChI is InChI=1S/C15H22ClN5/c1-3-12(4-2)21-9-7-11(20-21)10-14(19-17)15-13(16)6-5-8-18-15/h5-9,12,14,19H,3-4,10,17H2,1-2H3. The number of hydrogen-bond donors (Lipinski definition) is 2. The molecule has 0 aliphatic heterocycles. The van der Waals surface area contributed by atoms with E-state index in [0.717, 1.165) is 24.2 Å². The molecule has 0 radical (unpaired) electrons. The Kier molecular flexibility index (Phi) is 5.73. The fourth-order valence-electron chi connectivity index (χ4n) is 2.45. The van der Waals surface area contributed by atoms with E-state index in [2.05, 4.69) is 29.4 Å². The maximum Gasteiger partial charge on any atom is 0.0776 e. The lowest BCUT2D eigenvalue weighted by molar-refractivity contribution is 0.422. The van der Waals surface area contributed by atoms with E-state index in [0.29, 0.717) is 17.5 Å². The number of hydrazine groups is 1. The fourth-order valence-corrected chi connectivity index (χ4v) is 2.70. The van der Waals surface area contributed by atoms with Gasteiger partial charge in [-0.15, -0.1) is 0 Å². The Morgan fingerprint density at radius 1 is 1.33 bits per heavy atom. The van der Waals surface area contributed by atoms with Crippen molar-refractivity contribution in [2.45, 2.75) is 45.2 Å². The van der Waals surface area contributed by atoms with Crippen molar-refractivity contribution >= 4 is 11.6 Å². The molecular formula is C15H22ClN5. The second kappa shape index (κ2) is 7.54. The predicted molar refractivity (Wildman–Crippen MR) is 84.9 cm³/mol. The van der Waals surface area contributed by atoms with Gasteiger partial charge in [-0.3, -0.25) is 20.9 Å². The minimum Gasteiger partial charge on any atom is -0.271 e. The summed E-state index contributed by atoms with van der Waals surface area (Å²) in [6.45, 7) is 4.35.